The van der Waals surface area contributed by atoms with Crippen LogP contribution in [0.2, 0.25) is 5.02 Å². The van der Waals surface area contributed by atoms with Crippen molar-refractivity contribution in [3.05, 3.63) is 58.1 Å². The first-order chi connectivity index (χ1) is 10.0. The van der Waals surface area contributed by atoms with Crippen LogP contribution >= 0.6 is 11.6 Å². The molecule has 0 saturated carbocycles. The smallest absolute Gasteiger partial charge is 0.124 e. The van der Waals surface area contributed by atoms with E-state index >= 15 is 0 Å². The zero-order valence-corrected chi connectivity index (χ0v) is 13.1. The number of aliphatic hydroxyl groups excluding tert-OH is 1. The lowest BCUT2D eigenvalue weighted by Gasteiger charge is -2.17. The van der Waals surface area contributed by atoms with Gasteiger partial charge in [-0.15, -0.1) is 0 Å². The van der Waals surface area contributed by atoms with E-state index in [-0.39, 0.29) is 0 Å². The van der Waals surface area contributed by atoms with E-state index in [9.17, 15) is 5.11 Å². The van der Waals surface area contributed by atoms with Crippen molar-refractivity contribution in [1.82, 2.24) is 0 Å². The number of ether oxygens (including phenoxy) is 2. The summed E-state index contributed by atoms with van der Waals surface area (Å²) in [6.07, 6.45) is -0.293. The maximum absolute atomic E-state index is 10.5. The predicted molar refractivity (Wildman–Crippen MR) is 84.4 cm³/mol. The van der Waals surface area contributed by atoms with E-state index in [0.717, 1.165) is 11.1 Å². The van der Waals surface area contributed by atoms with Crippen LogP contribution in [-0.4, -0.2) is 19.3 Å². The van der Waals surface area contributed by atoms with E-state index in [1.807, 2.05) is 25.1 Å². The summed E-state index contributed by atoms with van der Waals surface area (Å²) in [6, 6.07) is 11.2. The molecule has 3 nitrogen and oxygen atoms in total. The van der Waals surface area contributed by atoms with Crippen molar-refractivity contribution in [1.29, 1.82) is 0 Å². The highest BCUT2D eigenvalue weighted by atomic mass is 35.5. The summed E-state index contributed by atoms with van der Waals surface area (Å²) in [5, 5.41) is 11.2. The summed E-state index contributed by atoms with van der Waals surface area (Å²) < 4.78 is 10.5. The van der Waals surface area contributed by atoms with Gasteiger partial charge in [0.15, 0.2) is 0 Å². The fraction of sp³-hybridized carbons (Fsp3) is 0.294. The van der Waals surface area contributed by atoms with E-state index in [4.69, 9.17) is 21.1 Å². The molecule has 0 aromatic heterocycles. The molecule has 0 fully saturated rings. The Bertz CT molecular complexity index is 625. The van der Waals surface area contributed by atoms with E-state index in [1.165, 1.54) is 0 Å². The second kappa shape index (κ2) is 6.83. The van der Waals surface area contributed by atoms with Crippen LogP contribution in [0.5, 0.6) is 11.5 Å². The Labute approximate surface area is 130 Å². The van der Waals surface area contributed by atoms with Gasteiger partial charge >= 0.3 is 0 Å². The predicted octanol–water partition coefficient (Wildman–Crippen LogP) is 3.94. The maximum atomic E-state index is 10.5. The molecule has 0 spiro atoms. The van der Waals surface area contributed by atoms with Crippen LogP contribution in [-0.2, 0) is 6.42 Å². The lowest BCUT2D eigenvalue weighted by molar-refractivity contribution is 0.173. The quantitative estimate of drug-likeness (QED) is 0.909. The first-order valence-electron chi connectivity index (χ1n) is 6.70. The van der Waals surface area contributed by atoms with Gasteiger partial charge in [-0.3, -0.25) is 0 Å². The molecule has 0 saturated heterocycles. The molecule has 112 valence electrons. The Hall–Kier alpha value is -1.71. The normalized spacial score (nSPS) is 12.0. The van der Waals surface area contributed by atoms with Crippen molar-refractivity contribution in [2.24, 2.45) is 0 Å². The fourth-order valence-corrected chi connectivity index (χ4v) is 2.55. The Morgan fingerprint density at radius 1 is 1.10 bits per heavy atom. The van der Waals surface area contributed by atoms with E-state index in [1.54, 1.807) is 32.4 Å². The number of rotatable bonds is 5. The molecule has 1 N–H and O–H groups in total. The number of halogens is 1. The van der Waals surface area contributed by atoms with Crippen molar-refractivity contribution < 1.29 is 14.6 Å². The third-order valence-electron chi connectivity index (χ3n) is 3.42. The standard InChI is InChI=1S/C17H19ClO3/c1-11-4-5-12(15(18)8-11)9-16(19)14-10-13(20-2)6-7-17(14)21-3/h4-8,10,16,19H,9H2,1-3H3. The molecule has 4 heteroatoms. The van der Waals surface area contributed by atoms with Crippen molar-refractivity contribution in [3.63, 3.8) is 0 Å². The monoisotopic (exact) mass is 306 g/mol. The summed E-state index contributed by atoms with van der Waals surface area (Å²) in [4.78, 5) is 0. The van der Waals surface area contributed by atoms with E-state index in [0.29, 0.717) is 28.5 Å². The molecule has 2 aromatic carbocycles. The van der Waals surface area contributed by atoms with Gasteiger partial charge in [0, 0.05) is 17.0 Å². The molecular weight excluding hydrogens is 288 g/mol. The zero-order chi connectivity index (χ0) is 15.4. The van der Waals surface area contributed by atoms with Gasteiger partial charge in [0.25, 0.3) is 0 Å². The number of aryl methyl sites for hydroxylation is 1. The molecule has 1 atom stereocenters. The van der Waals surface area contributed by atoms with Gasteiger partial charge in [-0.25, -0.2) is 0 Å². The molecule has 0 aliphatic heterocycles. The summed E-state index contributed by atoms with van der Waals surface area (Å²) in [6.45, 7) is 1.98. The van der Waals surface area contributed by atoms with Crippen molar-refractivity contribution >= 4 is 11.6 Å². The number of aliphatic hydroxyl groups is 1. The van der Waals surface area contributed by atoms with Gasteiger partial charge in [0.2, 0.25) is 0 Å². The third-order valence-corrected chi connectivity index (χ3v) is 3.77. The molecule has 0 bridgehead atoms. The topological polar surface area (TPSA) is 38.7 Å². The number of benzene rings is 2. The molecule has 2 rings (SSSR count). The lowest BCUT2D eigenvalue weighted by Crippen LogP contribution is -2.05. The summed E-state index contributed by atoms with van der Waals surface area (Å²) in [5.74, 6) is 1.31. The van der Waals surface area contributed by atoms with Crippen molar-refractivity contribution in [2.45, 2.75) is 19.4 Å². The van der Waals surface area contributed by atoms with Crippen LogP contribution in [0, 0.1) is 6.92 Å². The lowest BCUT2D eigenvalue weighted by atomic mass is 9.99. The summed E-state index contributed by atoms with van der Waals surface area (Å²) >= 11 is 6.23. The first kappa shape index (κ1) is 15.7. The number of hydrogen-bond donors (Lipinski definition) is 1. The highest BCUT2D eigenvalue weighted by Gasteiger charge is 2.16. The highest BCUT2D eigenvalue weighted by molar-refractivity contribution is 6.31. The average Bonchev–Trinajstić information content (AvgIpc) is 2.49. The van der Waals surface area contributed by atoms with Gasteiger partial charge in [-0.2, -0.15) is 0 Å². The minimum atomic E-state index is -0.713. The Morgan fingerprint density at radius 2 is 1.86 bits per heavy atom. The molecule has 0 aliphatic rings. The second-order valence-electron chi connectivity index (χ2n) is 4.92. The molecule has 0 radical (unpaired) electrons. The largest absolute Gasteiger partial charge is 0.497 e. The Morgan fingerprint density at radius 3 is 2.48 bits per heavy atom. The van der Waals surface area contributed by atoms with Gasteiger partial charge < -0.3 is 14.6 Å². The van der Waals surface area contributed by atoms with Crippen LogP contribution in [0.25, 0.3) is 0 Å². The Kier molecular flexibility index (Phi) is 5.10. The fourth-order valence-electron chi connectivity index (χ4n) is 2.24. The SMILES string of the molecule is COc1ccc(OC)c(C(O)Cc2ccc(C)cc2Cl)c1. The molecule has 1 unspecified atom stereocenters. The van der Waals surface area contributed by atoms with Crippen molar-refractivity contribution in [3.8, 4) is 11.5 Å². The van der Waals surface area contributed by atoms with Crippen LogP contribution in [0.3, 0.4) is 0 Å². The Balaban J connectivity index is 2.28. The van der Waals surface area contributed by atoms with Gasteiger partial charge in [-0.05, 0) is 42.3 Å². The molecule has 0 amide bonds. The molecular formula is C17H19ClO3. The highest BCUT2D eigenvalue weighted by Crippen LogP contribution is 2.32. The van der Waals surface area contributed by atoms with Crippen LogP contribution in [0.1, 0.15) is 22.8 Å². The summed E-state index contributed by atoms with van der Waals surface area (Å²) in [5.41, 5.74) is 2.69. The molecule has 0 heterocycles. The average molecular weight is 307 g/mol. The summed E-state index contributed by atoms with van der Waals surface area (Å²) in [7, 11) is 3.17. The zero-order valence-electron chi connectivity index (χ0n) is 12.4. The molecule has 21 heavy (non-hydrogen) atoms. The van der Waals surface area contributed by atoms with Crippen LogP contribution < -0.4 is 9.47 Å². The van der Waals surface area contributed by atoms with Crippen LogP contribution in [0.15, 0.2) is 36.4 Å². The number of hydrogen-bond acceptors (Lipinski definition) is 3. The van der Waals surface area contributed by atoms with Gasteiger partial charge in [0.05, 0.1) is 20.3 Å². The number of methoxy groups -OCH3 is 2. The molecule has 0 aliphatic carbocycles. The van der Waals surface area contributed by atoms with Gasteiger partial charge in [0.1, 0.15) is 11.5 Å². The first-order valence-corrected chi connectivity index (χ1v) is 7.08. The minimum absolute atomic E-state index is 0.419. The third kappa shape index (κ3) is 3.69. The minimum Gasteiger partial charge on any atom is -0.497 e. The molecule has 2 aromatic rings. The van der Waals surface area contributed by atoms with E-state index < -0.39 is 6.10 Å². The van der Waals surface area contributed by atoms with Gasteiger partial charge in [-0.1, -0.05) is 23.7 Å². The van der Waals surface area contributed by atoms with E-state index in [2.05, 4.69) is 0 Å². The van der Waals surface area contributed by atoms with Crippen LogP contribution in [0.4, 0.5) is 0 Å². The maximum Gasteiger partial charge on any atom is 0.124 e. The second-order valence-corrected chi connectivity index (χ2v) is 5.33. The van der Waals surface area contributed by atoms with Crippen molar-refractivity contribution in [2.75, 3.05) is 14.2 Å².